The summed E-state index contributed by atoms with van der Waals surface area (Å²) in [7, 11) is 0. The van der Waals surface area contributed by atoms with Crippen molar-refractivity contribution in [2.75, 3.05) is 38.0 Å². The van der Waals surface area contributed by atoms with E-state index in [4.69, 9.17) is 0 Å². The van der Waals surface area contributed by atoms with Gasteiger partial charge in [-0.3, -0.25) is 4.79 Å². The lowest BCUT2D eigenvalue weighted by Crippen LogP contribution is -2.48. The van der Waals surface area contributed by atoms with Crippen molar-refractivity contribution < 1.29 is 4.79 Å². The molecule has 0 bridgehead atoms. The van der Waals surface area contributed by atoms with Crippen LogP contribution in [0.1, 0.15) is 12.6 Å². The number of thiazole rings is 1. The predicted molar refractivity (Wildman–Crippen MR) is 69.4 cm³/mol. The highest BCUT2D eigenvalue weighted by Crippen LogP contribution is 2.15. The third kappa shape index (κ3) is 3.41. The maximum atomic E-state index is 11.9. The van der Waals surface area contributed by atoms with Gasteiger partial charge in [-0.1, -0.05) is 6.92 Å². The molecule has 0 saturated carbocycles. The average molecular weight is 254 g/mol. The Morgan fingerprint density at radius 2 is 2.35 bits per heavy atom. The molecule has 17 heavy (non-hydrogen) atoms. The lowest BCUT2D eigenvalue weighted by atomic mass is 10.3. The summed E-state index contributed by atoms with van der Waals surface area (Å²) >= 11 is 1.56. The molecule has 94 valence electrons. The number of rotatable bonds is 4. The highest BCUT2D eigenvalue weighted by molar-refractivity contribution is 7.13. The smallest absolute Gasteiger partial charge is 0.242 e. The van der Waals surface area contributed by atoms with E-state index < -0.39 is 0 Å². The number of amides is 1. The Balaban J connectivity index is 1.78. The van der Waals surface area contributed by atoms with Crippen molar-refractivity contribution in [3.8, 4) is 0 Å². The van der Waals surface area contributed by atoms with Gasteiger partial charge in [-0.15, -0.1) is 11.3 Å². The Hall–Kier alpha value is -1.14. The molecule has 5 nitrogen and oxygen atoms in total. The molecule has 1 fully saturated rings. The van der Waals surface area contributed by atoms with Crippen LogP contribution in [0.2, 0.25) is 0 Å². The van der Waals surface area contributed by atoms with Crippen molar-refractivity contribution in [3.05, 3.63) is 11.1 Å². The third-order valence-electron chi connectivity index (χ3n) is 2.77. The molecule has 0 aromatic carbocycles. The maximum absolute atomic E-state index is 11.9. The first-order valence-electron chi connectivity index (χ1n) is 5.96. The molecular formula is C11H18N4OS. The first-order chi connectivity index (χ1) is 8.29. The van der Waals surface area contributed by atoms with Crippen LogP contribution in [0.4, 0.5) is 5.13 Å². The molecule has 1 saturated heterocycles. The van der Waals surface area contributed by atoms with E-state index >= 15 is 0 Å². The molecule has 0 radical (unpaired) electrons. The fourth-order valence-corrected chi connectivity index (χ4v) is 2.52. The summed E-state index contributed by atoms with van der Waals surface area (Å²) in [6.45, 7) is 5.81. The van der Waals surface area contributed by atoms with Crippen molar-refractivity contribution in [2.24, 2.45) is 0 Å². The summed E-state index contributed by atoms with van der Waals surface area (Å²) in [5.41, 5.74) is 1.08. The second-order valence-corrected chi connectivity index (χ2v) is 4.84. The minimum Gasteiger partial charge on any atom is -0.352 e. The quantitative estimate of drug-likeness (QED) is 0.824. The van der Waals surface area contributed by atoms with Gasteiger partial charge >= 0.3 is 0 Å². The van der Waals surface area contributed by atoms with Gasteiger partial charge in [-0.25, -0.2) is 4.98 Å². The van der Waals surface area contributed by atoms with Crippen LogP contribution in [0.15, 0.2) is 5.38 Å². The number of anilines is 1. The molecule has 1 aromatic rings. The Bertz CT molecular complexity index is 373. The Kier molecular flexibility index (Phi) is 4.33. The zero-order chi connectivity index (χ0) is 12.1. The van der Waals surface area contributed by atoms with E-state index in [1.54, 1.807) is 11.3 Å². The highest BCUT2D eigenvalue weighted by atomic mass is 32.1. The van der Waals surface area contributed by atoms with Crippen LogP contribution in [0, 0.1) is 0 Å². The number of aryl methyl sites for hydroxylation is 1. The van der Waals surface area contributed by atoms with Crippen molar-refractivity contribution in [3.63, 3.8) is 0 Å². The summed E-state index contributed by atoms with van der Waals surface area (Å²) in [6.07, 6.45) is 0.934. The molecule has 0 atom stereocenters. The van der Waals surface area contributed by atoms with Gasteiger partial charge in [0.2, 0.25) is 5.91 Å². The molecule has 0 aliphatic carbocycles. The monoisotopic (exact) mass is 254 g/mol. The summed E-state index contributed by atoms with van der Waals surface area (Å²) in [6, 6.07) is 0. The van der Waals surface area contributed by atoms with Gasteiger partial charge in [-0.2, -0.15) is 0 Å². The third-order valence-corrected chi connectivity index (χ3v) is 3.62. The summed E-state index contributed by atoms with van der Waals surface area (Å²) in [5, 5.41) is 9.19. The van der Waals surface area contributed by atoms with Gasteiger partial charge < -0.3 is 15.5 Å². The zero-order valence-electron chi connectivity index (χ0n) is 10.0. The molecule has 1 aromatic heterocycles. The standard InChI is InChI=1S/C11H18N4OS/c1-2-9-8-17-11(14-9)13-7-10(16)15-5-3-12-4-6-15/h8,12H,2-7H2,1H3,(H,13,14). The van der Waals surface area contributed by atoms with E-state index in [0.717, 1.165) is 43.4 Å². The van der Waals surface area contributed by atoms with Crippen molar-refractivity contribution in [1.29, 1.82) is 0 Å². The fraction of sp³-hybridized carbons (Fsp3) is 0.636. The molecule has 1 aliphatic heterocycles. The van der Waals surface area contributed by atoms with Gasteiger partial charge in [0, 0.05) is 31.6 Å². The number of aromatic nitrogens is 1. The number of nitrogens with one attached hydrogen (secondary N) is 2. The molecule has 1 amide bonds. The van der Waals surface area contributed by atoms with Crippen LogP contribution >= 0.6 is 11.3 Å². The van der Waals surface area contributed by atoms with E-state index in [1.807, 2.05) is 10.3 Å². The summed E-state index contributed by atoms with van der Waals surface area (Å²) in [5.74, 6) is 0.153. The fourth-order valence-electron chi connectivity index (χ4n) is 1.73. The van der Waals surface area contributed by atoms with Gasteiger partial charge in [0.25, 0.3) is 0 Å². The van der Waals surface area contributed by atoms with Crippen molar-refractivity contribution in [2.45, 2.75) is 13.3 Å². The average Bonchev–Trinajstić information content (AvgIpc) is 2.85. The molecule has 0 unspecified atom stereocenters. The van der Waals surface area contributed by atoms with Gasteiger partial charge in [-0.05, 0) is 6.42 Å². The summed E-state index contributed by atoms with van der Waals surface area (Å²) in [4.78, 5) is 18.1. The van der Waals surface area contributed by atoms with Crippen LogP contribution in [0.3, 0.4) is 0 Å². The van der Waals surface area contributed by atoms with Gasteiger partial charge in [0.1, 0.15) is 0 Å². The topological polar surface area (TPSA) is 57.3 Å². The van der Waals surface area contributed by atoms with Crippen molar-refractivity contribution >= 4 is 22.4 Å². The van der Waals surface area contributed by atoms with E-state index in [0.29, 0.717) is 6.54 Å². The van der Waals surface area contributed by atoms with Crippen LogP contribution < -0.4 is 10.6 Å². The van der Waals surface area contributed by atoms with Gasteiger partial charge in [0.15, 0.2) is 5.13 Å². The number of nitrogens with zero attached hydrogens (tertiary/aromatic N) is 2. The normalized spacial score (nSPS) is 15.9. The van der Waals surface area contributed by atoms with Crippen LogP contribution in [-0.4, -0.2) is 48.5 Å². The van der Waals surface area contributed by atoms with Gasteiger partial charge in [0.05, 0.1) is 12.2 Å². The highest BCUT2D eigenvalue weighted by Gasteiger charge is 2.15. The molecule has 2 heterocycles. The largest absolute Gasteiger partial charge is 0.352 e. The van der Waals surface area contributed by atoms with E-state index in [-0.39, 0.29) is 5.91 Å². The minimum absolute atomic E-state index is 0.153. The molecule has 2 rings (SSSR count). The van der Waals surface area contributed by atoms with Crippen LogP contribution in [0.5, 0.6) is 0 Å². The lowest BCUT2D eigenvalue weighted by molar-refractivity contribution is -0.129. The Morgan fingerprint density at radius 1 is 1.59 bits per heavy atom. The lowest BCUT2D eigenvalue weighted by Gasteiger charge is -2.27. The number of hydrogen-bond acceptors (Lipinski definition) is 5. The van der Waals surface area contributed by atoms with Crippen LogP contribution in [-0.2, 0) is 11.2 Å². The molecular weight excluding hydrogens is 236 g/mol. The maximum Gasteiger partial charge on any atom is 0.242 e. The second-order valence-electron chi connectivity index (χ2n) is 3.98. The Labute approximate surface area is 105 Å². The molecule has 2 N–H and O–H groups in total. The molecule has 6 heteroatoms. The van der Waals surface area contributed by atoms with Crippen LogP contribution in [0.25, 0.3) is 0 Å². The number of carbonyl (C=O) groups excluding carboxylic acids is 1. The number of piperazine rings is 1. The number of hydrogen-bond donors (Lipinski definition) is 2. The molecule has 0 spiro atoms. The second kappa shape index (κ2) is 5.97. The van der Waals surface area contributed by atoms with E-state index in [1.165, 1.54) is 0 Å². The SMILES string of the molecule is CCc1csc(NCC(=O)N2CCNCC2)n1. The molecule has 1 aliphatic rings. The Morgan fingerprint density at radius 3 is 3.00 bits per heavy atom. The summed E-state index contributed by atoms with van der Waals surface area (Å²) < 4.78 is 0. The zero-order valence-corrected chi connectivity index (χ0v) is 10.8. The van der Waals surface area contributed by atoms with E-state index in [9.17, 15) is 4.79 Å². The van der Waals surface area contributed by atoms with E-state index in [2.05, 4.69) is 22.5 Å². The number of carbonyl (C=O) groups is 1. The van der Waals surface area contributed by atoms with Crippen molar-refractivity contribution in [1.82, 2.24) is 15.2 Å². The first kappa shape index (κ1) is 12.3. The predicted octanol–water partition coefficient (Wildman–Crippen LogP) is 0.549. The first-order valence-corrected chi connectivity index (χ1v) is 6.84. The minimum atomic E-state index is 0.153.